The van der Waals surface area contributed by atoms with Crippen molar-refractivity contribution < 1.29 is 22.0 Å². The molecule has 2 aromatic rings. The molecular weight excluding hydrogens is 326 g/mol. The first-order chi connectivity index (χ1) is 10.8. The highest BCUT2D eigenvalue weighted by Crippen LogP contribution is 2.27. The Kier molecular flexibility index (Phi) is 3.77. The van der Waals surface area contributed by atoms with Crippen LogP contribution in [0.2, 0.25) is 0 Å². The number of hydrogen-bond acceptors (Lipinski definition) is 3. The minimum Gasteiger partial charge on any atom is -0.326 e. The van der Waals surface area contributed by atoms with Gasteiger partial charge in [0.2, 0.25) is 5.91 Å². The second kappa shape index (κ2) is 5.62. The number of rotatable bonds is 3. The zero-order valence-corrected chi connectivity index (χ0v) is 12.6. The van der Waals surface area contributed by atoms with Gasteiger partial charge in [0.05, 0.1) is 4.90 Å². The van der Waals surface area contributed by atoms with E-state index in [9.17, 15) is 22.0 Å². The Hall–Kier alpha value is -2.48. The van der Waals surface area contributed by atoms with Crippen molar-refractivity contribution in [1.82, 2.24) is 0 Å². The number of nitrogens with one attached hydrogen (secondary N) is 2. The van der Waals surface area contributed by atoms with Crippen molar-refractivity contribution in [2.45, 2.75) is 17.7 Å². The lowest BCUT2D eigenvalue weighted by atomic mass is 10.0. The van der Waals surface area contributed by atoms with E-state index in [0.717, 1.165) is 17.7 Å². The standard InChI is InChI=1S/C15H12F2N2O3S/c16-10-6-11(17)8-13(7-10)23(21,22)19-12-2-3-14-9(5-12)1-4-15(20)18-14/h2-3,5-8,19H,1,4H2,(H,18,20). The normalized spacial score (nSPS) is 14.1. The van der Waals surface area contributed by atoms with Gasteiger partial charge in [-0.25, -0.2) is 17.2 Å². The Morgan fingerprint density at radius 2 is 1.70 bits per heavy atom. The van der Waals surface area contributed by atoms with E-state index in [0.29, 0.717) is 24.6 Å². The number of carbonyl (C=O) groups is 1. The average molecular weight is 338 g/mol. The largest absolute Gasteiger partial charge is 0.326 e. The van der Waals surface area contributed by atoms with Crippen LogP contribution in [0.25, 0.3) is 0 Å². The highest BCUT2D eigenvalue weighted by Gasteiger charge is 2.19. The summed E-state index contributed by atoms with van der Waals surface area (Å²) in [7, 11) is -4.11. The van der Waals surface area contributed by atoms with Gasteiger partial charge >= 0.3 is 0 Å². The van der Waals surface area contributed by atoms with Gasteiger partial charge < -0.3 is 5.32 Å². The molecule has 1 heterocycles. The molecule has 0 saturated carbocycles. The molecule has 0 spiro atoms. The Labute approximate surface area is 131 Å². The number of fused-ring (bicyclic) bond motifs is 1. The first-order valence-electron chi connectivity index (χ1n) is 6.75. The lowest BCUT2D eigenvalue weighted by Crippen LogP contribution is -2.19. The summed E-state index contributed by atoms with van der Waals surface area (Å²) in [6.07, 6.45) is 0.809. The SMILES string of the molecule is O=C1CCc2cc(NS(=O)(=O)c3cc(F)cc(F)c3)ccc2N1. The summed E-state index contributed by atoms with van der Waals surface area (Å²) in [5.41, 5.74) is 1.67. The van der Waals surface area contributed by atoms with E-state index < -0.39 is 26.6 Å². The smallest absolute Gasteiger partial charge is 0.262 e. The Balaban J connectivity index is 1.90. The van der Waals surface area contributed by atoms with Crippen LogP contribution in [0.1, 0.15) is 12.0 Å². The van der Waals surface area contributed by atoms with Crippen LogP contribution in [0.15, 0.2) is 41.3 Å². The average Bonchev–Trinajstić information content (AvgIpc) is 2.46. The molecule has 2 N–H and O–H groups in total. The van der Waals surface area contributed by atoms with Gasteiger partial charge in [0.15, 0.2) is 0 Å². The molecule has 0 atom stereocenters. The number of amides is 1. The summed E-state index contributed by atoms with van der Waals surface area (Å²) >= 11 is 0. The highest BCUT2D eigenvalue weighted by atomic mass is 32.2. The molecule has 1 aliphatic heterocycles. The molecule has 3 rings (SSSR count). The number of anilines is 2. The van der Waals surface area contributed by atoms with Gasteiger partial charge in [-0.05, 0) is 42.3 Å². The Morgan fingerprint density at radius 3 is 2.39 bits per heavy atom. The number of sulfonamides is 1. The van der Waals surface area contributed by atoms with Crippen molar-refractivity contribution in [2.24, 2.45) is 0 Å². The molecule has 0 aliphatic carbocycles. The van der Waals surface area contributed by atoms with Gasteiger partial charge in [-0.1, -0.05) is 0 Å². The fourth-order valence-electron chi connectivity index (χ4n) is 2.34. The molecular formula is C15H12F2N2O3S. The van der Waals surface area contributed by atoms with Crippen molar-refractivity contribution in [3.63, 3.8) is 0 Å². The quantitative estimate of drug-likeness (QED) is 0.903. The summed E-state index contributed by atoms with van der Waals surface area (Å²) in [5.74, 6) is -2.04. The molecule has 0 unspecified atom stereocenters. The van der Waals surface area contributed by atoms with Crippen LogP contribution < -0.4 is 10.0 Å². The van der Waals surface area contributed by atoms with Crippen LogP contribution in [0.5, 0.6) is 0 Å². The monoisotopic (exact) mass is 338 g/mol. The minimum atomic E-state index is -4.11. The zero-order valence-electron chi connectivity index (χ0n) is 11.8. The van der Waals surface area contributed by atoms with Crippen molar-refractivity contribution in [2.75, 3.05) is 10.0 Å². The third kappa shape index (κ3) is 3.31. The highest BCUT2D eigenvalue weighted by molar-refractivity contribution is 7.92. The fourth-order valence-corrected chi connectivity index (χ4v) is 3.44. The van der Waals surface area contributed by atoms with E-state index in [-0.39, 0.29) is 11.6 Å². The summed E-state index contributed by atoms with van der Waals surface area (Å²) in [5, 5.41) is 2.68. The maximum atomic E-state index is 13.2. The molecule has 2 aromatic carbocycles. The van der Waals surface area contributed by atoms with Gasteiger partial charge in [-0.3, -0.25) is 9.52 Å². The van der Waals surface area contributed by atoms with Crippen LogP contribution >= 0.6 is 0 Å². The van der Waals surface area contributed by atoms with Gasteiger partial charge in [0.1, 0.15) is 11.6 Å². The first kappa shape index (κ1) is 15.4. The van der Waals surface area contributed by atoms with Crippen molar-refractivity contribution in [1.29, 1.82) is 0 Å². The molecule has 0 fully saturated rings. The number of carbonyl (C=O) groups excluding carboxylic acids is 1. The maximum Gasteiger partial charge on any atom is 0.262 e. The van der Waals surface area contributed by atoms with Crippen molar-refractivity contribution >= 4 is 27.3 Å². The second-order valence-corrected chi connectivity index (χ2v) is 6.81. The molecule has 0 saturated heterocycles. The molecule has 0 bridgehead atoms. The Bertz CT molecular complexity index is 877. The van der Waals surface area contributed by atoms with Crippen LogP contribution in [0, 0.1) is 11.6 Å². The van der Waals surface area contributed by atoms with Gasteiger partial charge in [-0.2, -0.15) is 0 Å². The molecule has 0 aromatic heterocycles. The summed E-state index contributed by atoms with van der Waals surface area (Å²) in [6.45, 7) is 0. The lowest BCUT2D eigenvalue weighted by Gasteiger charge is -2.18. The van der Waals surface area contributed by atoms with Crippen molar-refractivity contribution in [3.05, 3.63) is 53.6 Å². The van der Waals surface area contributed by atoms with Crippen molar-refractivity contribution in [3.8, 4) is 0 Å². The van der Waals surface area contributed by atoms with E-state index in [4.69, 9.17) is 0 Å². The summed E-state index contributed by atoms with van der Waals surface area (Å²) in [4.78, 5) is 10.8. The van der Waals surface area contributed by atoms with E-state index >= 15 is 0 Å². The zero-order chi connectivity index (χ0) is 16.6. The second-order valence-electron chi connectivity index (χ2n) is 5.13. The van der Waals surface area contributed by atoms with Crippen LogP contribution in [-0.2, 0) is 21.2 Å². The van der Waals surface area contributed by atoms with E-state index in [2.05, 4.69) is 10.0 Å². The molecule has 120 valence electrons. The Morgan fingerprint density at radius 1 is 1.00 bits per heavy atom. The summed E-state index contributed by atoms with van der Waals surface area (Å²) < 4.78 is 53.1. The molecule has 1 amide bonds. The van der Waals surface area contributed by atoms with Crippen LogP contribution in [0.4, 0.5) is 20.2 Å². The molecule has 1 aliphatic rings. The molecule has 5 nitrogen and oxygen atoms in total. The van der Waals surface area contributed by atoms with Crippen LogP contribution in [-0.4, -0.2) is 14.3 Å². The third-order valence-corrected chi connectivity index (χ3v) is 4.76. The number of aryl methyl sites for hydroxylation is 1. The number of halogens is 2. The van der Waals surface area contributed by atoms with Gasteiger partial charge in [0, 0.05) is 23.9 Å². The molecule has 0 radical (unpaired) electrons. The first-order valence-corrected chi connectivity index (χ1v) is 8.23. The predicted molar refractivity (Wildman–Crippen MR) is 80.6 cm³/mol. The summed E-state index contributed by atoms with van der Waals surface area (Å²) in [6, 6.07) is 6.71. The van der Waals surface area contributed by atoms with E-state index in [1.54, 1.807) is 12.1 Å². The van der Waals surface area contributed by atoms with E-state index in [1.165, 1.54) is 6.07 Å². The predicted octanol–water partition coefficient (Wildman–Crippen LogP) is 2.65. The lowest BCUT2D eigenvalue weighted by molar-refractivity contribution is -0.116. The number of benzene rings is 2. The van der Waals surface area contributed by atoms with Gasteiger partial charge in [0.25, 0.3) is 10.0 Å². The van der Waals surface area contributed by atoms with Crippen LogP contribution in [0.3, 0.4) is 0 Å². The number of hydrogen-bond donors (Lipinski definition) is 2. The molecule has 8 heteroatoms. The van der Waals surface area contributed by atoms with Gasteiger partial charge in [-0.15, -0.1) is 0 Å². The van der Waals surface area contributed by atoms with E-state index in [1.807, 2.05) is 0 Å². The minimum absolute atomic E-state index is 0.0962. The molecule has 23 heavy (non-hydrogen) atoms. The topological polar surface area (TPSA) is 75.3 Å². The fraction of sp³-hybridized carbons (Fsp3) is 0.133. The maximum absolute atomic E-state index is 13.2. The third-order valence-electron chi connectivity index (χ3n) is 3.40.